The Hall–Kier alpha value is -2.98. The van der Waals surface area contributed by atoms with E-state index >= 15 is 0 Å². The number of amides is 1. The maximum Gasteiger partial charge on any atom is 0.349 e. The van der Waals surface area contributed by atoms with Gasteiger partial charge in [-0.2, -0.15) is 4.37 Å². The minimum Gasteiger partial charge on any atom is -0.479 e. The van der Waals surface area contributed by atoms with E-state index in [-0.39, 0.29) is 16.5 Å². The molecular formula is C16H12N2O6S2. The molecule has 2 aromatic heterocycles. The molecule has 0 saturated heterocycles. The fourth-order valence-electron chi connectivity index (χ4n) is 2.30. The Morgan fingerprint density at radius 3 is 2.62 bits per heavy atom. The number of anilines is 1. The van der Waals surface area contributed by atoms with Crippen molar-refractivity contribution in [2.24, 2.45) is 0 Å². The Labute approximate surface area is 155 Å². The van der Waals surface area contributed by atoms with Crippen molar-refractivity contribution >= 4 is 55.8 Å². The number of aromatic carboxylic acids is 1. The van der Waals surface area contributed by atoms with Gasteiger partial charge in [-0.25, -0.2) is 9.59 Å². The number of carboxylic acids is 2. The molecule has 2 heterocycles. The lowest BCUT2D eigenvalue weighted by molar-refractivity contribution is -0.139. The molecule has 0 aliphatic rings. The summed E-state index contributed by atoms with van der Waals surface area (Å²) in [5, 5.41) is 19.2. The summed E-state index contributed by atoms with van der Waals surface area (Å²) >= 11 is 2.11. The molecular weight excluding hydrogens is 380 g/mol. The van der Waals surface area contributed by atoms with E-state index < -0.39 is 18.5 Å². The zero-order valence-electron chi connectivity index (χ0n) is 13.3. The highest BCUT2D eigenvalue weighted by atomic mass is 32.1. The van der Waals surface area contributed by atoms with Crippen LogP contribution in [0.2, 0.25) is 0 Å². The number of rotatable bonds is 6. The van der Waals surface area contributed by atoms with E-state index in [4.69, 9.17) is 9.84 Å². The molecule has 1 amide bonds. The van der Waals surface area contributed by atoms with Gasteiger partial charge in [0.1, 0.15) is 5.00 Å². The topological polar surface area (TPSA) is 117 Å². The van der Waals surface area contributed by atoms with Crippen LogP contribution in [0.5, 0.6) is 5.75 Å². The molecule has 0 spiro atoms. The third kappa shape index (κ3) is 3.37. The number of carboxylic acid groups (broad SMARTS) is 2. The molecule has 1 aromatic carbocycles. The second-order valence-electron chi connectivity index (χ2n) is 5.17. The van der Waals surface area contributed by atoms with Crippen LogP contribution in [0.4, 0.5) is 5.00 Å². The van der Waals surface area contributed by atoms with Gasteiger partial charge in [0.2, 0.25) is 0 Å². The number of thiophene rings is 1. The molecule has 0 atom stereocenters. The first-order chi connectivity index (χ1) is 12.4. The molecule has 0 aliphatic heterocycles. The van der Waals surface area contributed by atoms with Gasteiger partial charge in [-0.15, -0.1) is 11.3 Å². The zero-order valence-corrected chi connectivity index (χ0v) is 15.0. The highest BCUT2D eigenvalue weighted by Gasteiger charge is 2.22. The van der Waals surface area contributed by atoms with Crippen LogP contribution in [0, 0.1) is 0 Å². The van der Waals surface area contributed by atoms with Gasteiger partial charge in [0, 0.05) is 28.9 Å². The molecule has 0 fully saturated rings. The molecule has 2 N–H and O–H groups in total. The second kappa shape index (κ2) is 7.10. The van der Waals surface area contributed by atoms with Crippen LogP contribution >= 0.6 is 22.9 Å². The van der Waals surface area contributed by atoms with Crippen LogP contribution in [-0.2, 0) is 4.79 Å². The molecule has 26 heavy (non-hydrogen) atoms. The highest BCUT2D eigenvalue weighted by Crippen LogP contribution is 2.38. The summed E-state index contributed by atoms with van der Waals surface area (Å²) in [4.78, 5) is 36.1. The molecule has 0 radical (unpaired) electrons. The van der Waals surface area contributed by atoms with Crippen molar-refractivity contribution in [1.29, 1.82) is 0 Å². The summed E-state index contributed by atoms with van der Waals surface area (Å²) in [7, 11) is 1.62. The van der Waals surface area contributed by atoms with Crippen LogP contribution in [-0.4, -0.2) is 46.1 Å². The van der Waals surface area contributed by atoms with Gasteiger partial charge in [0.05, 0.1) is 0 Å². The van der Waals surface area contributed by atoms with Crippen molar-refractivity contribution in [2.75, 3.05) is 18.6 Å². The van der Waals surface area contributed by atoms with Crippen LogP contribution in [0.1, 0.15) is 20.0 Å². The summed E-state index contributed by atoms with van der Waals surface area (Å²) in [6, 6.07) is 6.39. The Kier molecular flexibility index (Phi) is 4.87. The van der Waals surface area contributed by atoms with Crippen molar-refractivity contribution in [1.82, 2.24) is 4.37 Å². The van der Waals surface area contributed by atoms with E-state index in [2.05, 4.69) is 4.37 Å². The maximum absolute atomic E-state index is 12.6. The van der Waals surface area contributed by atoms with Gasteiger partial charge in [0.25, 0.3) is 5.91 Å². The molecule has 0 unspecified atom stereocenters. The number of nitrogens with zero attached hydrogens (tertiary/aromatic N) is 2. The Balaban J connectivity index is 1.99. The average Bonchev–Trinajstić information content (AvgIpc) is 3.25. The standard InChI is InChI=1S/C16H12N2O6S2/c1-18(11-4-5-17-26-11)15(21)8-2-3-9-10(6-8)25-14(16(22)23)13(9)24-7-12(19)20/h2-6H,7H2,1H3,(H,19,20)(H,22,23). The summed E-state index contributed by atoms with van der Waals surface area (Å²) < 4.78 is 9.63. The van der Waals surface area contributed by atoms with Gasteiger partial charge >= 0.3 is 11.9 Å². The smallest absolute Gasteiger partial charge is 0.349 e. The summed E-state index contributed by atoms with van der Waals surface area (Å²) in [6.45, 7) is -0.652. The van der Waals surface area contributed by atoms with Crippen LogP contribution in [0.15, 0.2) is 30.5 Å². The third-order valence-electron chi connectivity index (χ3n) is 3.49. The van der Waals surface area contributed by atoms with E-state index in [1.807, 2.05) is 0 Å². The van der Waals surface area contributed by atoms with Gasteiger partial charge in [0.15, 0.2) is 17.2 Å². The first kappa shape index (κ1) is 17.8. The number of carbonyl (C=O) groups excluding carboxylic acids is 1. The number of aromatic nitrogens is 1. The first-order valence-electron chi connectivity index (χ1n) is 7.21. The van der Waals surface area contributed by atoms with Crippen molar-refractivity contribution < 1.29 is 29.3 Å². The number of hydrogen-bond acceptors (Lipinski definition) is 7. The fourth-order valence-corrected chi connectivity index (χ4v) is 3.88. The van der Waals surface area contributed by atoms with Crippen molar-refractivity contribution in [3.63, 3.8) is 0 Å². The Bertz CT molecular complexity index is 996. The average molecular weight is 392 g/mol. The minimum atomic E-state index is -1.22. The number of hydrogen-bond donors (Lipinski definition) is 2. The second-order valence-corrected chi connectivity index (χ2v) is 7.04. The number of fused-ring (bicyclic) bond motifs is 1. The van der Waals surface area contributed by atoms with Crippen LogP contribution in [0.3, 0.4) is 0 Å². The molecule has 10 heteroatoms. The number of aliphatic carboxylic acids is 1. The van der Waals surface area contributed by atoms with Crippen molar-refractivity contribution in [2.45, 2.75) is 0 Å². The predicted molar refractivity (Wildman–Crippen MR) is 96.8 cm³/mol. The third-order valence-corrected chi connectivity index (χ3v) is 5.43. The summed E-state index contributed by atoms with van der Waals surface area (Å²) in [6.07, 6.45) is 1.59. The quantitative estimate of drug-likeness (QED) is 0.662. The lowest BCUT2D eigenvalue weighted by Gasteiger charge is -2.14. The highest BCUT2D eigenvalue weighted by molar-refractivity contribution is 7.21. The predicted octanol–water partition coefficient (Wildman–Crippen LogP) is 2.80. The molecule has 0 saturated carbocycles. The number of benzene rings is 1. The SMILES string of the molecule is CN(C(=O)c1ccc2c(OCC(=O)O)c(C(=O)O)sc2c1)c1ccns1. The first-order valence-corrected chi connectivity index (χ1v) is 8.80. The monoisotopic (exact) mass is 392 g/mol. The van der Waals surface area contributed by atoms with Gasteiger partial charge in [-0.3, -0.25) is 4.79 Å². The number of ether oxygens (including phenoxy) is 1. The minimum absolute atomic E-state index is 0.00490. The number of carbonyl (C=O) groups is 3. The van der Waals surface area contributed by atoms with Gasteiger partial charge < -0.3 is 19.8 Å². The van der Waals surface area contributed by atoms with E-state index in [1.165, 1.54) is 16.4 Å². The molecule has 3 aromatic rings. The van der Waals surface area contributed by atoms with Crippen LogP contribution in [0.25, 0.3) is 10.1 Å². The molecule has 134 valence electrons. The van der Waals surface area contributed by atoms with Gasteiger partial charge in [-0.05, 0) is 35.8 Å². The molecule has 8 nitrogen and oxygen atoms in total. The van der Waals surface area contributed by atoms with E-state index in [0.717, 1.165) is 11.3 Å². The Morgan fingerprint density at radius 1 is 1.23 bits per heavy atom. The zero-order chi connectivity index (χ0) is 18.8. The largest absolute Gasteiger partial charge is 0.479 e. The van der Waals surface area contributed by atoms with E-state index in [0.29, 0.717) is 20.7 Å². The van der Waals surface area contributed by atoms with E-state index in [1.54, 1.807) is 37.5 Å². The molecule has 0 bridgehead atoms. The van der Waals surface area contributed by atoms with Crippen molar-refractivity contribution in [3.05, 3.63) is 40.9 Å². The maximum atomic E-state index is 12.6. The van der Waals surface area contributed by atoms with Crippen molar-refractivity contribution in [3.8, 4) is 5.75 Å². The molecule has 3 rings (SSSR count). The lowest BCUT2D eigenvalue weighted by atomic mass is 10.1. The van der Waals surface area contributed by atoms with Gasteiger partial charge in [-0.1, -0.05) is 0 Å². The summed E-state index contributed by atoms with van der Waals surface area (Å²) in [5.74, 6) is -2.70. The fraction of sp³-hybridized carbons (Fsp3) is 0.125. The van der Waals surface area contributed by atoms with E-state index in [9.17, 15) is 19.5 Å². The normalized spacial score (nSPS) is 10.7. The lowest BCUT2D eigenvalue weighted by Crippen LogP contribution is -2.25. The Morgan fingerprint density at radius 2 is 2.00 bits per heavy atom. The molecule has 0 aliphatic carbocycles. The summed E-state index contributed by atoms with van der Waals surface area (Å²) in [5.41, 5.74) is 0.372. The van der Waals surface area contributed by atoms with Crippen LogP contribution < -0.4 is 9.64 Å².